The molecule has 0 saturated carbocycles. The molecule has 2 N–H and O–H groups in total. The Bertz CT molecular complexity index is 822. The van der Waals surface area contributed by atoms with Crippen molar-refractivity contribution in [2.24, 2.45) is 0 Å². The molecule has 114 valence electrons. The standard InChI is InChI=1S/C15H11BrF3N3/c16-14-12-7-11(20)5-6-13(12)22(21-14)8-9-1-3-10(4-2-9)15(17,18)19/h1-7H,8,20H2. The molecule has 0 bridgehead atoms. The number of halogens is 4. The Hall–Kier alpha value is -2.02. The highest BCUT2D eigenvalue weighted by atomic mass is 79.9. The van der Waals surface area contributed by atoms with Gasteiger partial charge in [-0.05, 0) is 51.8 Å². The summed E-state index contributed by atoms with van der Waals surface area (Å²) in [6.45, 7) is 0.379. The van der Waals surface area contributed by atoms with E-state index in [1.165, 1.54) is 12.1 Å². The van der Waals surface area contributed by atoms with Gasteiger partial charge >= 0.3 is 6.18 Å². The molecule has 1 aromatic heterocycles. The summed E-state index contributed by atoms with van der Waals surface area (Å²) in [6.07, 6.45) is -4.32. The van der Waals surface area contributed by atoms with Crippen LogP contribution in [0.2, 0.25) is 0 Å². The Kier molecular flexibility index (Phi) is 3.60. The Balaban J connectivity index is 1.93. The third-order valence-corrected chi connectivity index (χ3v) is 3.93. The molecule has 0 atom stereocenters. The maximum Gasteiger partial charge on any atom is 0.416 e. The quantitative estimate of drug-likeness (QED) is 0.678. The van der Waals surface area contributed by atoms with Crippen LogP contribution < -0.4 is 5.73 Å². The lowest BCUT2D eigenvalue weighted by atomic mass is 10.1. The molecule has 0 fully saturated rings. The monoisotopic (exact) mass is 369 g/mol. The first-order chi connectivity index (χ1) is 10.3. The normalized spacial score (nSPS) is 12.0. The minimum absolute atomic E-state index is 0.379. The van der Waals surface area contributed by atoms with Crippen molar-refractivity contribution in [2.45, 2.75) is 12.7 Å². The summed E-state index contributed by atoms with van der Waals surface area (Å²) in [5, 5.41) is 5.22. The van der Waals surface area contributed by atoms with Crippen molar-refractivity contribution in [2.75, 3.05) is 5.73 Å². The summed E-state index contributed by atoms with van der Waals surface area (Å²) < 4.78 is 40.1. The fourth-order valence-electron chi connectivity index (χ4n) is 2.25. The molecule has 0 aliphatic heterocycles. The number of aromatic nitrogens is 2. The summed E-state index contributed by atoms with van der Waals surface area (Å²) >= 11 is 3.37. The van der Waals surface area contributed by atoms with Crippen LogP contribution in [0.5, 0.6) is 0 Å². The molecule has 3 aromatic rings. The summed E-state index contributed by atoms with van der Waals surface area (Å²) in [5.74, 6) is 0. The molecule has 3 rings (SSSR count). The Morgan fingerprint density at radius 2 is 1.77 bits per heavy atom. The first kappa shape index (κ1) is 14.9. The zero-order chi connectivity index (χ0) is 15.9. The topological polar surface area (TPSA) is 43.8 Å². The lowest BCUT2D eigenvalue weighted by Crippen LogP contribution is -2.06. The van der Waals surface area contributed by atoms with Gasteiger partial charge in [0.2, 0.25) is 0 Å². The number of alkyl halides is 3. The van der Waals surface area contributed by atoms with Crippen LogP contribution in [0.4, 0.5) is 18.9 Å². The van der Waals surface area contributed by atoms with Crippen LogP contribution in [0.1, 0.15) is 11.1 Å². The zero-order valence-corrected chi connectivity index (χ0v) is 12.8. The predicted molar refractivity (Wildman–Crippen MR) is 82.4 cm³/mol. The number of hydrogen-bond acceptors (Lipinski definition) is 2. The van der Waals surface area contributed by atoms with Gasteiger partial charge in [-0.3, -0.25) is 4.68 Å². The van der Waals surface area contributed by atoms with Crippen LogP contribution >= 0.6 is 15.9 Å². The minimum Gasteiger partial charge on any atom is -0.399 e. The molecular formula is C15H11BrF3N3. The van der Waals surface area contributed by atoms with Crippen molar-refractivity contribution in [1.82, 2.24) is 9.78 Å². The second-order valence-corrected chi connectivity index (χ2v) is 5.67. The van der Waals surface area contributed by atoms with Crippen molar-refractivity contribution >= 4 is 32.5 Å². The second kappa shape index (κ2) is 5.31. The minimum atomic E-state index is -4.32. The van der Waals surface area contributed by atoms with E-state index in [9.17, 15) is 13.2 Å². The van der Waals surface area contributed by atoms with Gasteiger partial charge in [-0.25, -0.2) is 0 Å². The number of fused-ring (bicyclic) bond motifs is 1. The lowest BCUT2D eigenvalue weighted by Gasteiger charge is -2.08. The summed E-state index contributed by atoms with van der Waals surface area (Å²) in [7, 11) is 0. The highest BCUT2D eigenvalue weighted by Gasteiger charge is 2.29. The van der Waals surface area contributed by atoms with Crippen molar-refractivity contribution in [3.63, 3.8) is 0 Å². The molecule has 0 saturated heterocycles. The van der Waals surface area contributed by atoms with Gasteiger partial charge in [0, 0.05) is 11.1 Å². The van der Waals surface area contributed by atoms with Crippen LogP contribution in [-0.2, 0) is 12.7 Å². The van der Waals surface area contributed by atoms with Crippen molar-refractivity contribution in [1.29, 1.82) is 0 Å². The summed E-state index contributed by atoms with van der Waals surface area (Å²) in [4.78, 5) is 0. The molecule has 0 aliphatic carbocycles. The number of hydrogen-bond donors (Lipinski definition) is 1. The molecule has 0 radical (unpaired) electrons. The van der Waals surface area contributed by atoms with Gasteiger partial charge in [-0.15, -0.1) is 0 Å². The summed E-state index contributed by atoms with van der Waals surface area (Å²) in [5.41, 5.74) is 7.32. The van der Waals surface area contributed by atoms with Gasteiger partial charge in [-0.1, -0.05) is 12.1 Å². The van der Waals surface area contributed by atoms with Crippen molar-refractivity contribution in [3.05, 3.63) is 58.2 Å². The van der Waals surface area contributed by atoms with Gasteiger partial charge in [0.25, 0.3) is 0 Å². The summed E-state index contributed by atoms with van der Waals surface area (Å²) in [6, 6.07) is 10.5. The van der Waals surface area contributed by atoms with E-state index in [1.54, 1.807) is 16.8 Å². The number of nitrogen functional groups attached to an aromatic ring is 1. The van der Waals surface area contributed by atoms with Crippen molar-refractivity contribution < 1.29 is 13.2 Å². The highest BCUT2D eigenvalue weighted by Crippen LogP contribution is 2.30. The van der Waals surface area contributed by atoms with Crippen LogP contribution in [0, 0.1) is 0 Å². The van der Waals surface area contributed by atoms with E-state index >= 15 is 0 Å². The molecule has 0 unspecified atom stereocenters. The molecule has 3 nitrogen and oxygen atoms in total. The Labute approximate surface area is 132 Å². The Morgan fingerprint density at radius 3 is 2.41 bits per heavy atom. The zero-order valence-electron chi connectivity index (χ0n) is 11.2. The highest BCUT2D eigenvalue weighted by molar-refractivity contribution is 9.10. The average molecular weight is 370 g/mol. The smallest absolute Gasteiger partial charge is 0.399 e. The lowest BCUT2D eigenvalue weighted by molar-refractivity contribution is -0.137. The number of nitrogens with zero attached hydrogens (tertiary/aromatic N) is 2. The van der Waals surface area contributed by atoms with Gasteiger partial charge in [-0.2, -0.15) is 18.3 Å². The first-order valence-corrected chi connectivity index (χ1v) is 7.21. The molecule has 22 heavy (non-hydrogen) atoms. The maximum atomic E-state index is 12.6. The SMILES string of the molecule is Nc1ccc2c(c1)c(Br)nn2Cc1ccc(C(F)(F)F)cc1. The molecule has 2 aromatic carbocycles. The molecule has 0 spiro atoms. The van der Waals surface area contributed by atoms with E-state index in [-0.39, 0.29) is 0 Å². The third kappa shape index (κ3) is 2.81. The fourth-order valence-corrected chi connectivity index (χ4v) is 2.76. The van der Waals surface area contributed by atoms with Crippen LogP contribution in [0.25, 0.3) is 10.9 Å². The third-order valence-electron chi connectivity index (χ3n) is 3.34. The maximum absolute atomic E-state index is 12.6. The number of rotatable bonds is 2. The van der Waals surface area contributed by atoms with Crippen molar-refractivity contribution in [3.8, 4) is 0 Å². The van der Waals surface area contributed by atoms with E-state index in [4.69, 9.17) is 5.73 Å². The van der Waals surface area contributed by atoms with Gasteiger partial charge < -0.3 is 5.73 Å². The first-order valence-electron chi connectivity index (χ1n) is 6.42. The predicted octanol–water partition coefficient (Wildman–Crippen LogP) is 4.45. The number of nitrogens with two attached hydrogens (primary N) is 1. The van der Waals surface area contributed by atoms with Gasteiger partial charge in [0.05, 0.1) is 17.6 Å². The molecule has 0 aliphatic rings. The van der Waals surface area contributed by atoms with Crippen LogP contribution in [-0.4, -0.2) is 9.78 Å². The Morgan fingerprint density at radius 1 is 1.09 bits per heavy atom. The van der Waals surface area contributed by atoms with E-state index < -0.39 is 11.7 Å². The average Bonchev–Trinajstić information content (AvgIpc) is 2.74. The van der Waals surface area contributed by atoms with Gasteiger partial charge in [0.15, 0.2) is 0 Å². The fraction of sp³-hybridized carbons (Fsp3) is 0.133. The second-order valence-electron chi connectivity index (χ2n) is 4.92. The van der Waals surface area contributed by atoms with E-state index in [0.717, 1.165) is 28.6 Å². The van der Waals surface area contributed by atoms with E-state index in [0.29, 0.717) is 16.8 Å². The van der Waals surface area contributed by atoms with E-state index in [2.05, 4.69) is 21.0 Å². The number of benzene rings is 2. The molecule has 1 heterocycles. The largest absolute Gasteiger partial charge is 0.416 e. The van der Waals surface area contributed by atoms with Crippen LogP contribution in [0.3, 0.4) is 0 Å². The van der Waals surface area contributed by atoms with Gasteiger partial charge in [0.1, 0.15) is 4.60 Å². The molecule has 0 amide bonds. The van der Waals surface area contributed by atoms with Crippen LogP contribution in [0.15, 0.2) is 47.1 Å². The molecule has 7 heteroatoms. The number of anilines is 1. The van der Waals surface area contributed by atoms with E-state index in [1.807, 2.05) is 6.07 Å². The molecular weight excluding hydrogens is 359 g/mol.